The molecular formula is C27H28N6O3S. The average molecular weight is 517 g/mol. The quantitative estimate of drug-likeness (QED) is 0.166. The van der Waals surface area contributed by atoms with Crippen molar-refractivity contribution in [2.24, 2.45) is 0 Å². The van der Waals surface area contributed by atoms with E-state index in [4.69, 9.17) is 9.26 Å². The van der Waals surface area contributed by atoms with Gasteiger partial charge in [0.05, 0.1) is 11.3 Å². The van der Waals surface area contributed by atoms with E-state index < -0.39 is 6.10 Å². The number of hydrogen-bond acceptors (Lipinski definition) is 9. The van der Waals surface area contributed by atoms with Gasteiger partial charge in [-0.05, 0) is 49.7 Å². The lowest BCUT2D eigenvalue weighted by Crippen LogP contribution is -2.32. The summed E-state index contributed by atoms with van der Waals surface area (Å²) in [7, 11) is 0. The van der Waals surface area contributed by atoms with Crippen molar-refractivity contribution in [2.45, 2.75) is 30.1 Å². The van der Waals surface area contributed by atoms with Gasteiger partial charge in [0.1, 0.15) is 18.5 Å². The zero-order chi connectivity index (χ0) is 25.5. The second kappa shape index (κ2) is 12.0. The van der Waals surface area contributed by atoms with Crippen molar-refractivity contribution in [3.05, 3.63) is 83.7 Å². The Hall–Kier alpha value is -3.73. The maximum absolute atomic E-state index is 10.2. The van der Waals surface area contributed by atoms with Gasteiger partial charge in [-0.15, -0.1) is 16.9 Å². The first-order valence-corrected chi connectivity index (χ1v) is 13.1. The van der Waals surface area contributed by atoms with Gasteiger partial charge in [0.25, 0.3) is 0 Å². The highest BCUT2D eigenvalue weighted by Crippen LogP contribution is 2.24. The molecule has 37 heavy (non-hydrogen) atoms. The summed E-state index contributed by atoms with van der Waals surface area (Å²) in [6.45, 7) is 3.43. The van der Waals surface area contributed by atoms with Gasteiger partial charge in [0.2, 0.25) is 11.7 Å². The summed E-state index contributed by atoms with van der Waals surface area (Å²) in [6, 6.07) is 22.1. The number of ether oxygens (including phenoxy) is 1. The van der Waals surface area contributed by atoms with Crippen LogP contribution in [0.3, 0.4) is 0 Å². The van der Waals surface area contributed by atoms with E-state index in [1.165, 1.54) is 11.1 Å². The Morgan fingerprint density at radius 1 is 1.08 bits per heavy atom. The molecule has 190 valence electrons. The van der Waals surface area contributed by atoms with Crippen LogP contribution in [0.1, 0.15) is 17.0 Å². The number of thioether (sulfide) groups is 1. The Labute approximate surface area is 218 Å². The molecule has 0 unspecified atom stereocenters. The first-order valence-electron chi connectivity index (χ1n) is 12.1. The summed E-state index contributed by atoms with van der Waals surface area (Å²) in [5.74, 6) is 2.44. The van der Waals surface area contributed by atoms with Crippen LogP contribution in [-0.4, -0.2) is 56.5 Å². The molecule has 2 heterocycles. The van der Waals surface area contributed by atoms with E-state index in [1.54, 1.807) is 11.8 Å². The van der Waals surface area contributed by atoms with E-state index in [1.807, 2.05) is 42.5 Å². The smallest absolute Gasteiger partial charge is 0.237 e. The number of aromatic amines is 1. The van der Waals surface area contributed by atoms with Gasteiger partial charge in [0.15, 0.2) is 5.52 Å². The molecule has 5 aromatic rings. The van der Waals surface area contributed by atoms with Crippen molar-refractivity contribution < 1.29 is 14.4 Å². The van der Waals surface area contributed by atoms with Crippen LogP contribution in [0.5, 0.6) is 5.75 Å². The maximum Gasteiger partial charge on any atom is 0.237 e. The fourth-order valence-electron chi connectivity index (χ4n) is 3.74. The molecule has 0 aliphatic carbocycles. The van der Waals surface area contributed by atoms with Crippen molar-refractivity contribution in [3.63, 3.8) is 0 Å². The average Bonchev–Trinajstić information content (AvgIpc) is 3.60. The van der Waals surface area contributed by atoms with E-state index in [9.17, 15) is 5.11 Å². The third-order valence-electron chi connectivity index (χ3n) is 5.78. The molecule has 0 saturated carbocycles. The monoisotopic (exact) mass is 516 g/mol. The number of H-pyrrole nitrogens is 1. The van der Waals surface area contributed by atoms with Crippen molar-refractivity contribution in [2.75, 3.05) is 19.7 Å². The molecule has 0 spiro atoms. The minimum absolute atomic E-state index is 0.178. The molecule has 10 heteroatoms. The Bertz CT molecular complexity index is 1420. The second-order valence-electron chi connectivity index (χ2n) is 8.69. The van der Waals surface area contributed by atoms with E-state index in [-0.39, 0.29) is 6.61 Å². The van der Waals surface area contributed by atoms with Gasteiger partial charge in [0, 0.05) is 17.0 Å². The number of aromatic nitrogens is 5. The SMILES string of the molecule is Cc1ccc(-c2noc(CSc3ccc(CCNC[C@H](O)COc4cccc5[nH]nnc45)cc3)n2)cc1. The molecule has 3 aromatic carbocycles. The lowest BCUT2D eigenvalue weighted by Gasteiger charge is -2.13. The number of aliphatic hydroxyl groups is 1. The first-order chi connectivity index (χ1) is 18.1. The largest absolute Gasteiger partial charge is 0.488 e. The molecule has 0 radical (unpaired) electrons. The van der Waals surface area contributed by atoms with Crippen LogP contribution in [0, 0.1) is 6.92 Å². The Morgan fingerprint density at radius 3 is 2.76 bits per heavy atom. The van der Waals surface area contributed by atoms with E-state index >= 15 is 0 Å². The molecule has 0 aliphatic rings. The normalized spacial score (nSPS) is 12.2. The fraction of sp³-hybridized carbons (Fsp3) is 0.259. The molecule has 3 N–H and O–H groups in total. The topological polar surface area (TPSA) is 122 Å². The summed E-state index contributed by atoms with van der Waals surface area (Å²) < 4.78 is 11.1. The number of nitrogens with one attached hydrogen (secondary N) is 2. The summed E-state index contributed by atoms with van der Waals surface area (Å²) >= 11 is 1.66. The fourth-order valence-corrected chi connectivity index (χ4v) is 4.47. The first kappa shape index (κ1) is 24.9. The predicted octanol–water partition coefficient (Wildman–Crippen LogP) is 4.18. The van der Waals surface area contributed by atoms with Crippen LogP contribution in [0.25, 0.3) is 22.4 Å². The van der Waals surface area contributed by atoms with Gasteiger partial charge < -0.3 is 19.7 Å². The zero-order valence-electron chi connectivity index (χ0n) is 20.4. The molecule has 0 amide bonds. The highest BCUT2D eigenvalue weighted by molar-refractivity contribution is 7.98. The van der Waals surface area contributed by atoms with Crippen LogP contribution < -0.4 is 10.1 Å². The van der Waals surface area contributed by atoms with Crippen molar-refractivity contribution >= 4 is 22.8 Å². The van der Waals surface area contributed by atoms with Gasteiger partial charge in [-0.1, -0.05) is 58.4 Å². The molecule has 5 rings (SSSR count). The van der Waals surface area contributed by atoms with Crippen molar-refractivity contribution in [3.8, 4) is 17.1 Å². The van der Waals surface area contributed by atoms with E-state index in [2.05, 4.69) is 62.1 Å². The standard InChI is InChI=1S/C27H28N6O3S/c1-18-5-9-20(10-6-18)27-29-25(36-32-27)17-37-22-11-7-19(8-12-22)13-14-28-15-21(34)16-35-24-4-2-3-23-26(24)31-33-30-23/h2-12,21,28,34H,13-17H2,1H3,(H,30,31,33)/t21-/m0/s1. The Balaban J connectivity index is 1.00. The van der Waals surface area contributed by atoms with Crippen LogP contribution in [-0.2, 0) is 12.2 Å². The number of hydrogen-bond donors (Lipinski definition) is 3. The molecule has 9 nitrogen and oxygen atoms in total. The highest BCUT2D eigenvalue weighted by atomic mass is 32.2. The maximum atomic E-state index is 10.2. The Kier molecular flexibility index (Phi) is 8.09. The second-order valence-corrected chi connectivity index (χ2v) is 9.74. The van der Waals surface area contributed by atoms with Gasteiger partial charge in [-0.3, -0.25) is 5.10 Å². The number of benzene rings is 3. The Morgan fingerprint density at radius 2 is 1.92 bits per heavy atom. The van der Waals surface area contributed by atoms with Crippen LogP contribution >= 0.6 is 11.8 Å². The number of aliphatic hydroxyl groups excluding tert-OH is 1. The van der Waals surface area contributed by atoms with E-state index in [0.29, 0.717) is 35.3 Å². The van der Waals surface area contributed by atoms with Crippen molar-refractivity contribution in [1.82, 2.24) is 30.9 Å². The number of aryl methyl sites for hydroxylation is 1. The van der Waals surface area contributed by atoms with Crippen LogP contribution in [0.4, 0.5) is 0 Å². The van der Waals surface area contributed by atoms with Gasteiger partial charge in [-0.25, -0.2) is 0 Å². The van der Waals surface area contributed by atoms with Crippen LogP contribution in [0.15, 0.2) is 76.1 Å². The van der Waals surface area contributed by atoms with Crippen LogP contribution in [0.2, 0.25) is 0 Å². The van der Waals surface area contributed by atoms with Crippen molar-refractivity contribution in [1.29, 1.82) is 0 Å². The molecule has 0 bridgehead atoms. The molecule has 1 atom stereocenters. The zero-order valence-corrected chi connectivity index (χ0v) is 21.2. The number of nitrogens with zero attached hydrogens (tertiary/aromatic N) is 4. The molecule has 2 aromatic heterocycles. The summed E-state index contributed by atoms with van der Waals surface area (Å²) in [6.07, 6.45) is 0.234. The summed E-state index contributed by atoms with van der Waals surface area (Å²) in [4.78, 5) is 5.64. The lowest BCUT2D eigenvalue weighted by molar-refractivity contribution is 0.107. The van der Waals surface area contributed by atoms with Gasteiger partial charge >= 0.3 is 0 Å². The third kappa shape index (κ3) is 6.73. The minimum atomic E-state index is -0.628. The molecule has 0 aliphatic heterocycles. The predicted molar refractivity (Wildman–Crippen MR) is 142 cm³/mol. The summed E-state index contributed by atoms with van der Waals surface area (Å²) in [5.41, 5.74) is 4.83. The number of fused-ring (bicyclic) bond motifs is 1. The van der Waals surface area contributed by atoms with Gasteiger partial charge in [-0.2, -0.15) is 4.98 Å². The highest BCUT2D eigenvalue weighted by Gasteiger charge is 2.10. The minimum Gasteiger partial charge on any atom is -0.488 e. The lowest BCUT2D eigenvalue weighted by atomic mass is 10.1. The van der Waals surface area contributed by atoms with E-state index in [0.717, 1.165) is 28.9 Å². The number of rotatable bonds is 12. The summed E-state index contributed by atoms with van der Waals surface area (Å²) in [5, 5.41) is 28.2. The molecular weight excluding hydrogens is 488 g/mol. The molecule has 0 fully saturated rings. The third-order valence-corrected chi connectivity index (χ3v) is 6.78. The molecule has 0 saturated heterocycles.